The Morgan fingerprint density at radius 3 is 2.72 bits per heavy atom. The molecule has 4 nitrogen and oxygen atoms in total. The van der Waals surface area contributed by atoms with Crippen LogP contribution in [-0.4, -0.2) is 41.3 Å². The summed E-state index contributed by atoms with van der Waals surface area (Å²) in [5, 5.41) is 13.9. The maximum Gasteiger partial charge on any atom is 0.164 e. The topological polar surface area (TPSA) is 50.7 Å². The molecule has 2 heterocycles. The number of rotatable bonds is 5. The van der Waals surface area contributed by atoms with Crippen LogP contribution in [0.4, 0.5) is 0 Å². The monoisotopic (exact) mass is 349 g/mol. The normalized spacial score (nSPS) is 32.8. The lowest BCUT2D eigenvalue weighted by Crippen LogP contribution is -2.45. The van der Waals surface area contributed by atoms with Gasteiger partial charge in [-0.1, -0.05) is 24.8 Å². The lowest BCUT2D eigenvalue weighted by molar-refractivity contribution is -0.142. The Morgan fingerprint density at radius 2 is 2.16 bits per heavy atom. The minimum Gasteiger partial charge on any atom is -0.388 e. The molecule has 2 N–H and O–H groups in total. The van der Waals surface area contributed by atoms with Crippen molar-refractivity contribution < 1.29 is 14.6 Å². The summed E-state index contributed by atoms with van der Waals surface area (Å²) in [5.74, 6) is 6.22. The molecular weight excluding hydrogens is 314 g/mol. The lowest BCUT2D eigenvalue weighted by Gasteiger charge is -2.28. The van der Waals surface area contributed by atoms with Crippen LogP contribution < -0.4 is 5.32 Å². The maximum atomic E-state index is 10.6. The van der Waals surface area contributed by atoms with E-state index in [2.05, 4.69) is 44.0 Å². The van der Waals surface area contributed by atoms with Crippen LogP contribution in [0.5, 0.6) is 0 Å². The van der Waals surface area contributed by atoms with E-state index in [1.165, 1.54) is 5.57 Å². The molecule has 0 aliphatic carbocycles. The quantitative estimate of drug-likeness (QED) is 0.590. The molecule has 2 saturated heterocycles. The molecule has 0 saturated carbocycles. The Hall–Kier alpha value is -0.860. The molecule has 0 aromatic carbocycles. The Bertz CT molecular complexity index is 535. The molecule has 2 rings (SSSR count). The first-order valence-corrected chi connectivity index (χ1v) is 9.57. The van der Waals surface area contributed by atoms with Crippen molar-refractivity contribution in [1.82, 2.24) is 5.32 Å². The highest BCUT2D eigenvalue weighted by atomic mass is 16.7. The first-order valence-electron chi connectivity index (χ1n) is 9.57. The smallest absolute Gasteiger partial charge is 0.164 e. The summed E-state index contributed by atoms with van der Waals surface area (Å²) in [4.78, 5) is 0. The van der Waals surface area contributed by atoms with Crippen molar-refractivity contribution in [2.45, 2.75) is 96.9 Å². The van der Waals surface area contributed by atoms with E-state index in [4.69, 9.17) is 9.47 Å². The molecule has 2 aliphatic heterocycles. The Labute approximate surface area is 153 Å². The van der Waals surface area contributed by atoms with E-state index in [0.717, 1.165) is 25.8 Å². The van der Waals surface area contributed by atoms with E-state index in [9.17, 15) is 5.11 Å². The maximum absolute atomic E-state index is 10.6. The highest BCUT2D eigenvalue weighted by molar-refractivity contribution is 5.13. The molecule has 0 aromatic rings. The Balaban J connectivity index is 1.83. The van der Waals surface area contributed by atoms with Gasteiger partial charge in [-0.3, -0.25) is 0 Å². The molecule has 0 aromatic heterocycles. The van der Waals surface area contributed by atoms with Gasteiger partial charge in [-0.05, 0) is 66.0 Å². The summed E-state index contributed by atoms with van der Waals surface area (Å²) in [6, 6.07) is 0.170. The van der Waals surface area contributed by atoms with Crippen molar-refractivity contribution in [1.29, 1.82) is 0 Å². The third kappa shape index (κ3) is 5.82. The molecule has 0 radical (unpaired) electrons. The van der Waals surface area contributed by atoms with Crippen molar-refractivity contribution in [3.8, 4) is 11.8 Å². The summed E-state index contributed by atoms with van der Waals surface area (Å²) in [5.41, 5.74) is 0.458. The summed E-state index contributed by atoms with van der Waals surface area (Å²) < 4.78 is 11.8. The second-order valence-electron chi connectivity index (χ2n) is 8.35. The van der Waals surface area contributed by atoms with Crippen molar-refractivity contribution in [2.75, 3.05) is 6.54 Å². The van der Waals surface area contributed by atoms with Gasteiger partial charge in [-0.2, -0.15) is 0 Å². The number of aliphatic hydroxyl groups is 1. The van der Waals surface area contributed by atoms with Crippen molar-refractivity contribution in [3.05, 3.63) is 11.6 Å². The first kappa shape index (κ1) is 20.5. The predicted octanol–water partition coefficient (Wildman–Crippen LogP) is 3.40. The zero-order valence-corrected chi connectivity index (χ0v) is 16.7. The first-order chi connectivity index (χ1) is 11.6. The van der Waals surface area contributed by atoms with E-state index in [0.29, 0.717) is 6.42 Å². The minimum atomic E-state index is -0.745. The van der Waals surface area contributed by atoms with Crippen LogP contribution in [0.1, 0.15) is 67.2 Å². The summed E-state index contributed by atoms with van der Waals surface area (Å²) in [6.45, 7) is 13.1. The molecule has 2 fully saturated rings. The van der Waals surface area contributed by atoms with E-state index in [1.807, 2.05) is 20.8 Å². The third-order valence-corrected chi connectivity index (χ3v) is 5.15. The van der Waals surface area contributed by atoms with Crippen LogP contribution in [0.2, 0.25) is 0 Å². The predicted molar refractivity (Wildman–Crippen MR) is 101 cm³/mol. The van der Waals surface area contributed by atoms with Crippen LogP contribution in [-0.2, 0) is 9.47 Å². The summed E-state index contributed by atoms with van der Waals surface area (Å²) in [7, 11) is 0. The van der Waals surface area contributed by atoms with Gasteiger partial charge >= 0.3 is 0 Å². The van der Waals surface area contributed by atoms with Gasteiger partial charge in [-0.25, -0.2) is 0 Å². The van der Waals surface area contributed by atoms with Crippen molar-refractivity contribution in [3.63, 3.8) is 0 Å². The second-order valence-corrected chi connectivity index (χ2v) is 8.35. The number of nitrogens with one attached hydrogen (secondary N) is 1. The van der Waals surface area contributed by atoms with Gasteiger partial charge in [0, 0.05) is 18.4 Å². The van der Waals surface area contributed by atoms with E-state index in [1.54, 1.807) is 0 Å². The fourth-order valence-corrected chi connectivity index (χ4v) is 3.68. The van der Waals surface area contributed by atoms with Gasteiger partial charge in [0.05, 0.1) is 11.7 Å². The average molecular weight is 350 g/mol. The molecular formula is C21H35NO3. The SMILES string of the molecule is C/C(=C\C[C@@H](C)C#CC[C@](C)(O)[C@@H]1CCCN1)[C@H]1OC(C)(C)O[C@@H]1C. The fourth-order valence-electron chi connectivity index (χ4n) is 3.68. The van der Waals surface area contributed by atoms with Gasteiger partial charge < -0.3 is 19.9 Å². The second kappa shape index (κ2) is 8.22. The number of ether oxygens (including phenoxy) is 2. The average Bonchev–Trinajstić information content (AvgIpc) is 3.12. The standard InChI is InChI=1S/C21H35NO3/c1-15(9-7-13-21(6,23)18-10-8-14-22-18)11-12-16(2)19-17(3)24-20(4,5)25-19/h12,15,17-19,22-23H,8,10-11,13-14H2,1-6H3/b16-12+/t15-,17+,18-,19+,21-/m0/s1. The lowest BCUT2D eigenvalue weighted by atomic mass is 9.91. The zero-order chi connectivity index (χ0) is 18.7. The Morgan fingerprint density at radius 1 is 1.44 bits per heavy atom. The Kier molecular flexibility index (Phi) is 6.73. The van der Waals surface area contributed by atoms with Crippen LogP contribution in [0.3, 0.4) is 0 Å². The molecule has 142 valence electrons. The number of allylic oxidation sites excluding steroid dienone is 1. The summed E-state index contributed by atoms with van der Waals surface area (Å²) >= 11 is 0. The highest BCUT2D eigenvalue weighted by Gasteiger charge is 2.39. The number of hydrogen-bond acceptors (Lipinski definition) is 4. The molecule has 0 amide bonds. The molecule has 25 heavy (non-hydrogen) atoms. The van der Waals surface area contributed by atoms with Crippen molar-refractivity contribution >= 4 is 0 Å². The molecule has 0 unspecified atom stereocenters. The van der Waals surface area contributed by atoms with Crippen LogP contribution in [0.25, 0.3) is 0 Å². The van der Waals surface area contributed by atoms with Gasteiger partial charge in [0.25, 0.3) is 0 Å². The number of hydrogen-bond donors (Lipinski definition) is 2. The van der Waals surface area contributed by atoms with Crippen molar-refractivity contribution in [2.24, 2.45) is 5.92 Å². The van der Waals surface area contributed by atoms with Gasteiger partial charge in [-0.15, -0.1) is 0 Å². The van der Waals surface area contributed by atoms with E-state index in [-0.39, 0.29) is 24.2 Å². The van der Waals surface area contributed by atoms with Gasteiger partial charge in [0.15, 0.2) is 5.79 Å². The molecule has 0 spiro atoms. The molecule has 4 heteroatoms. The zero-order valence-electron chi connectivity index (χ0n) is 16.7. The minimum absolute atomic E-state index is 0.0179. The van der Waals surface area contributed by atoms with Gasteiger partial charge in [0.2, 0.25) is 0 Å². The van der Waals surface area contributed by atoms with Gasteiger partial charge in [0.1, 0.15) is 6.10 Å². The molecule has 5 atom stereocenters. The summed E-state index contributed by atoms with van der Waals surface area (Å²) in [6.07, 6.45) is 5.87. The van der Waals surface area contributed by atoms with E-state index >= 15 is 0 Å². The van der Waals surface area contributed by atoms with Crippen LogP contribution >= 0.6 is 0 Å². The highest BCUT2D eigenvalue weighted by Crippen LogP contribution is 2.31. The molecule has 2 aliphatic rings. The molecule has 0 bridgehead atoms. The fraction of sp³-hybridized carbons (Fsp3) is 0.810. The van der Waals surface area contributed by atoms with E-state index < -0.39 is 11.4 Å². The van der Waals surface area contributed by atoms with Crippen LogP contribution in [0.15, 0.2) is 11.6 Å². The largest absolute Gasteiger partial charge is 0.388 e. The third-order valence-electron chi connectivity index (χ3n) is 5.15. The van der Waals surface area contributed by atoms with Crippen LogP contribution in [0, 0.1) is 17.8 Å².